The molecular weight excluding hydrogens is 270 g/mol. The van der Waals surface area contributed by atoms with E-state index in [1.54, 1.807) is 36.4 Å². The summed E-state index contributed by atoms with van der Waals surface area (Å²) in [4.78, 5) is 12.6. The first kappa shape index (κ1) is 14.3. The van der Waals surface area contributed by atoms with Crippen molar-refractivity contribution in [3.63, 3.8) is 0 Å². The van der Waals surface area contributed by atoms with Crippen molar-refractivity contribution in [1.82, 2.24) is 0 Å². The molecule has 0 aromatic heterocycles. The lowest BCUT2D eigenvalue weighted by Crippen LogP contribution is -2.12. The molecule has 0 saturated carbocycles. The number of rotatable bonds is 3. The number of ketones is 1. The van der Waals surface area contributed by atoms with Crippen molar-refractivity contribution < 1.29 is 4.79 Å². The summed E-state index contributed by atoms with van der Waals surface area (Å²) in [5.74, 6) is -1.09. The van der Waals surface area contributed by atoms with E-state index in [0.29, 0.717) is 16.1 Å². The van der Waals surface area contributed by atoms with Gasteiger partial charge in [-0.3, -0.25) is 4.79 Å². The van der Waals surface area contributed by atoms with Crippen molar-refractivity contribution in [2.45, 2.75) is 19.8 Å². The van der Waals surface area contributed by atoms with Crippen molar-refractivity contribution in [2.24, 2.45) is 0 Å². The molecule has 2 aromatic rings. The highest BCUT2D eigenvalue weighted by Gasteiger charge is 2.23. The first-order valence-electron chi connectivity index (χ1n) is 6.29. The predicted octanol–water partition coefficient (Wildman–Crippen LogP) is 4.45. The van der Waals surface area contributed by atoms with E-state index >= 15 is 0 Å². The normalized spacial score (nSPS) is 11.7. The van der Waals surface area contributed by atoms with Gasteiger partial charge in [0.2, 0.25) is 0 Å². The molecule has 2 nitrogen and oxygen atoms in total. The number of benzene rings is 2. The van der Waals surface area contributed by atoms with Gasteiger partial charge in [0.1, 0.15) is 5.92 Å². The fourth-order valence-electron chi connectivity index (χ4n) is 2.26. The van der Waals surface area contributed by atoms with Crippen LogP contribution in [0.25, 0.3) is 0 Å². The van der Waals surface area contributed by atoms with Gasteiger partial charge in [-0.25, -0.2) is 0 Å². The summed E-state index contributed by atoms with van der Waals surface area (Å²) in [5.41, 5.74) is 3.11. The zero-order valence-corrected chi connectivity index (χ0v) is 12.1. The van der Waals surface area contributed by atoms with Crippen LogP contribution in [0, 0.1) is 25.2 Å². The zero-order valence-electron chi connectivity index (χ0n) is 11.4. The minimum atomic E-state index is -0.870. The summed E-state index contributed by atoms with van der Waals surface area (Å²) < 4.78 is 0. The molecule has 0 amide bonds. The Labute approximate surface area is 123 Å². The largest absolute Gasteiger partial charge is 0.292 e. The van der Waals surface area contributed by atoms with Gasteiger partial charge in [-0.15, -0.1) is 0 Å². The minimum absolute atomic E-state index is 0.215. The second kappa shape index (κ2) is 5.90. The molecule has 3 heteroatoms. The standard InChI is InChI=1S/C17H14ClNO/c1-11-7-12(2)9-13(8-11)17(20)15(10-19)14-5-3-4-6-16(14)18/h3-9,15H,1-2H3. The van der Waals surface area contributed by atoms with Gasteiger partial charge >= 0.3 is 0 Å². The maximum absolute atomic E-state index is 12.6. The maximum atomic E-state index is 12.6. The van der Waals surface area contributed by atoms with E-state index in [4.69, 9.17) is 11.6 Å². The van der Waals surface area contributed by atoms with Gasteiger partial charge in [-0.1, -0.05) is 47.0 Å². The first-order valence-corrected chi connectivity index (χ1v) is 6.67. The lowest BCUT2D eigenvalue weighted by molar-refractivity contribution is 0.0978. The second-order valence-electron chi connectivity index (χ2n) is 4.82. The lowest BCUT2D eigenvalue weighted by Gasteiger charge is -2.11. The Kier molecular flexibility index (Phi) is 4.22. The van der Waals surface area contributed by atoms with Gasteiger partial charge in [-0.2, -0.15) is 5.26 Å². The fourth-order valence-corrected chi connectivity index (χ4v) is 2.51. The SMILES string of the molecule is Cc1cc(C)cc(C(=O)C(C#N)c2ccccc2Cl)c1. The minimum Gasteiger partial charge on any atom is -0.292 e. The summed E-state index contributed by atoms with van der Waals surface area (Å²) in [5, 5.41) is 9.79. The number of halogens is 1. The summed E-state index contributed by atoms with van der Waals surface area (Å²) in [6.45, 7) is 3.86. The molecule has 0 aliphatic rings. The number of carbonyl (C=O) groups is 1. The van der Waals surface area contributed by atoms with Gasteiger partial charge in [-0.05, 0) is 37.6 Å². The molecule has 0 bridgehead atoms. The van der Waals surface area contributed by atoms with E-state index in [9.17, 15) is 10.1 Å². The summed E-state index contributed by atoms with van der Waals surface area (Å²) in [6.07, 6.45) is 0. The molecule has 2 aromatic carbocycles. The number of Topliss-reactive ketones (excluding diaryl/α,β-unsaturated/α-hetero) is 1. The zero-order chi connectivity index (χ0) is 14.7. The third-order valence-electron chi connectivity index (χ3n) is 3.11. The molecule has 0 heterocycles. The van der Waals surface area contributed by atoms with Crippen molar-refractivity contribution in [3.8, 4) is 6.07 Å². The summed E-state index contributed by atoms with van der Waals surface area (Å²) >= 11 is 6.09. The van der Waals surface area contributed by atoms with E-state index in [2.05, 4.69) is 6.07 Å². The Morgan fingerprint density at radius 3 is 2.30 bits per heavy atom. The molecule has 0 aliphatic heterocycles. The van der Waals surface area contributed by atoms with Crippen molar-refractivity contribution >= 4 is 17.4 Å². The van der Waals surface area contributed by atoms with Gasteiger partial charge in [0.15, 0.2) is 5.78 Å². The van der Waals surface area contributed by atoms with Gasteiger partial charge in [0.25, 0.3) is 0 Å². The molecule has 100 valence electrons. The van der Waals surface area contributed by atoms with E-state index in [0.717, 1.165) is 11.1 Å². The topological polar surface area (TPSA) is 40.9 Å². The molecule has 1 unspecified atom stereocenters. The van der Waals surface area contributed by atoms with Crippen LogP contribution in [-0.2, 0) is 0 Å². The number of hydrogen-bond acceptors (Lipinski definition) is 2. The molecule has 20 heavy (non-hydrogen) atoms. The van der Waals surface area contributed by atoms with Crippen LogP contribution >= 0.6 is 11.6 Å². The molecule has 2 rings (SSSR count). The Morgan fingerprint density at radius 1 is 1.15 bits per heavy atom. The molecule has 0 saturated heterocycles. The number of nitrogens with zero attached hydrogens (tertiary/aromatic N) is 1. The molecule has 0 spiro atoms. The monoisotopic (exact) mass is 283 g/mol. The molecule has 0 N–H and O–H groups in total. The Morgan fingerprint density at radius 2 is 1.75 bits per heavy atom. The highest BCUT2D eigenvalue weighted by atomic mass is 35.5. The van der Waals surface area contributed by atoms with E-state index in [1.807, 2.05) is 19.9 Å². The van der Waals surface area contributed by atoms with Gasteiger partial charge < -0.3 is 0 Å². The van der Waals surface area contributed by atoms with Crippen LogP contribution in [0.5, 0.6) is 0 Å². The van der Waals surface area contributed by atoms with Crippen molar-refractivity contribution in [1.29, 1.82) is 5.26 Å². The number of aryl methyl sites for hydroxylation is 2. The second-order valence-corrected chi connectivity index (χ2v) is 5.23. The average molecular weight is 284 g/mol. The fraction of sp³-hybridized carbons (Fsp3) is 0.176. The third-order valence-corrected chi connectivity index (χ3v) is 3.46. The van der Waals surface area contributed by atoms with Crippen LogP contribution in [0.2, 0.25) is 5.02 Å². The van der Waals surface area contributed by atoms with Crippen LogP contribution in [0.4, 0.5) is 0 Å². The quantitative estimate of drug-likeness (QED) is 0.781. The Balaban J connectivity index is 2.45. The predicted molar refractivity (Wildman–Crippen MR) is 80.1 cm³/mol. The molecule has 0 aliphatic carbocycles. The van der Waals surface area contributed by atoms with Crippen LogP contribution in [0.3, 0.4) is 0 Å². The van der Waals surface area contributed by atoms with Gasteiger partial charge in [0, 0.05) is 10.6 Å². The summed E-state index contributed by atoms with van der Waals surface area (Å²) in [6, 6.07) is 14.6. The number of hydrogen-bond donors (Lipinski definition) is 0. The average Bonchev–Trinajstić information content (AvgIpc) is 2.40. The summed E-state index contributed by atoms with van der Waals surface area (Å²) in [7, 11) is 0. The Hall–Kier alpha value is -2.11. The molecule has 1 atom stereocenters. The number of carbonyl (C=O) groups excluding carboxylic acids is 1. The Bertz CT molecular complexity index is 680. The van der Waals surface area contributed by atoms with Crippen LogP contribution in [0.15, 0.2) is 42.5 Å². The van der Waals surface area contributed by atoms with Gasteiger partial charge in [0.05, 0.1) is 6.07 Å². The molecule has 0 radical (unpaired) electrons. The van der Waals surface area contributed by atoms with Crippen molar-refractivity contribution in [3.05, 3.63) is 69.7 Å². The van der Waals surface area contributed by atoms with E-state index in [1.165, 1.54) is 0 Å². The lowest BCUT2D eigenvalue weighted by atomic mass is 9.90. The third kappa shape index (κ3) is 2.89. The van der Waals surface area contributed by atoms with Crippen LogP contribution < -0.4 is 0 Å². The molecule has 0 fully saturated rings. The van der Waals surface area contributed by atoms with Crippen molar-refractivity contribution in [2.75, 3.05) is 0 Å². The highest BCUT2D eigenvalue weighted by molar-refractivity contribution is 6.31. The number of nitriles is 1. The first-order chi connectivity index (χ1) is 9.52. The van der Waals surface area contributed by atoms with Crippen LogP contribution in [-0.4, -0.2) is 5.78 Å². The maximum Gasteiger partial charge on any atom is 0.184 e. The smallest absolute Gasteiger partial charge is 0.184 e. The highest BCUT2D eigenvalue weighted by Crippen LogP contribution is 2.27. The van der Waals surface area contributed by atoms with Crippen LogP contribution in [0.1, 0.15) is 33.0 Å². The van der Waals surface area contributed by atoms with E-state index in [-0.39, 0.29) is 5.78 Å². The van der Waals surface area contributed by atoms with E-state index < -0.39 is 5.92 Å². The molecular formula is C17H14ClNO.